The van der Waals surface area contributed by atoms with Crippen LogP contribution in [0.3, 0.4) is 0 Å². The molecule has 0 spiro atoms. The first-order chi connectivity index (χ1) is 16.2. The van der Waals surface area contributed by atoms with Gasteiger partial charge in [-0.2, -0.15) is 0 Å². The summed E-state index contributed by atoms with van der Waals surface area (Å²) in [6.45, 7) is 1.73. The van der Waals surface area contributed by atoms with Gasteiger partial charge in [-0.3, -0.25) is 4.79 Å². The van der Waals surface area contributed by atoms with Crippen LogP contribution in [0.5, 0.6) is 11.5 Å². The largest absolute Gasteiger partial charge is 0.496 e. The van der Waals surface area contributed by atoms with Crippen molar-refractivity contribution >= 4 is 28.5 Å². The lowest BCUT2D eigenvalue weighted by Gasteiger charge is -2.12. The van der Waals surface area contributed by atoms with Crippen molar-refractivity contribution in [1.29, 1.82) is 0 Å². The molecule has 0 atom stereocenters. The monoisotopic (exact) mass is 463 g/mol. The maximum atomic E-state index is 12.5. The standard InChI is InChI=1S/C26H26ClN3O3/c1-32-24-10-5-2-7-21(24)26(31)28-16-6-11-25-29-22-8-3-4-9-23(22)30(25)17-18-33-20-14-12-19(27)13-15-20/h2-5,7-10,12-15H,6,11,16-18H2,1H3,(H,28,31). The van der Waals surface area contributed by atoms with Crippen LogP contribution in [-0.4, -0.2) is 35.7 Å². The second-order valence-corrected chi connectivity index (χ2v) is 7.97. The summed E-state index contributed by atoms with van der Waals surface area (Å²) in [7, 11) is 1.56. The van der Waals surface area contributed by atoms with Gasteiger partial charge in [0.2, 0.25) is 0 Å². The predicted octanol–water partition coefficient (Wildman–Crippen LogP) is 5.14. The van der Waals surface area contributed by atoms with Gasteiger partial charge < -0.3 is 19.4 Å². The number of fused-ring (bicyclic) bond motifs is 1. The lowest BCUT2D eigenvalue weighted by molar-refractivity contribution is 0.0950. The molecule has 170 valence electrons. The Labute approximate surface area is 198 Å². The Hall–Kier alpha value is -3.51. The molecule has 3 aromatic carbocycles. The molecule has 4 aromatic rings. The van der Waals surface area contributed by atoms with Crippen LogP contribution in [0.25, 0.3) is 11.0 Å². The summed E-state index contributed by atoms with van der Waals surface area (Å²) in [5.41, 5.74) is 2.56. The summed E-state index contributed by atoms with van der Waals surface area (Å²) >= 11 is 5.94. The van der Waals surface area contributed by atoms with Crippen molar-refractivity contribution in [3.63, 3.8) is 0 Å². The number of hydrogen-bond acceptors (Lipinski definition) is 4. The van der Waals surface area contributed by atoms with Gasteiger partial charge in [0, 0.05) is 18.0 Å². The predicted molar refractivity (Wildman–Crippen MR) is 130 cm³/mol. The second kappa shape index (κ2) is 10.9. The number of benzene rings is 3. The zero-order valence-corrected chi connectivity index (χ0v) is 19.2. The number of methoxy groups -OCH3 is 1. The number of halogens is 1. The fourth-order valence-corrected chi connectivity index (χ4v) is 3.85. The summed E-state index contributed by atoms with van der Waals surface area (Å²) in [4.78, 5) is 17.3. The van der Waals surface area contributed by atoms with Crippen molar-refractivity contribution in [2.75, 3.05) is 20.3 Å². The molecular weight excluding hydrogens is 438 g/mol. The normalized spacial score (nSPS) is 10.8. The van der Waals surface area contributed by atoms with Crippen molar-refractivity contribution in [1.82, 2.24) is 14.9 Å². The van der Waals surface area contributed by atoms with Crippen LogP contribution >= 0.6 is 11.6 Å². The van der Waals surface area contributed by atoms with E-state index in [0.717, 1.165) is 35.4 Å². The third kappa shape index (κ3) is 5.65. The van der Waals surface area contributed by atoms with Crippen LogP contribution in [0.15, 0.2) is 72.8 Å². The van der Waals surface area contributed by atoms with E-state index in [1.807, 2.05) is 54.6 Å². The van der Waals surface area contributed by atoms with Gasteiger partial charge in [0.05, 0.1) is 30.3 Å². The summed E-state index contributed by atoms with van der Waals surface area (Å²) < 4.78 is 13.4. The van der Waals surface area contributed by atoms with Gasteiger partial charge in [0.15, 0.2) is 0 Å². The van der Waals surface area contributed by atoms with Gasteiger partial charge in [-0.1, -0.05) is 35.9 Å². The third-order valence-corrected chi connectivity index (χ3v) is 5.60. The van der Waals surface area contributed by atoms with Gasteiger partial charge in [0.1, 0.15) is 23.9 Å². The molecular formula is C26H26ClN3O3. The molecule has 1 N–H and O–H groups in total. The molecule has 1 aromatic heterocycles. The fraction of sp³-hybridized carbons (Fsp3) is 0.231. The van der Waals surface area contributed by atoms with E-state index in [2.05, 4.69) is 16.0 Å². The molecule has 7 heteroatoms. The molecule has 33 heavy (non-hydrogen) atoms. The highest BCUT2D eigenvalue weighted by Gasteiger charge is 2.13. The number of aromatic nitrogens is 2. The van der Waals surface area contributed by atoms with Crippen LogP contribution < -0.4 is 14.8 Å². The quantitative estimate of drug-likeness (QED) is 0.331. The van der Waals surface area contributed by atoms with Crippen molar-refractivity contribution in [2.24, 2.45) is 0 Å². The van der Waals surface area contributed by atoms with Gasteiger partial charge >= 0.3 is 0 Å². The first-order valence-electron chi connectivity index (χ1n) is 10.9. The first-order valence-corrected chi connectivity index (χ1v) is 11.3. The number of nitrogens with zero attached hydrogens (tertiary/aromatic N) is 2. The van der Waals surface area contributed by atoms with Crippen molar-refractivity contribution in [2.45, 2.75) is 19.4 Å². The number of imidazole rings is 1. The van der Waals surface area contributed by atoms with E-state index in [9.17, 15) is 4.79 Å². The maximum absolute atomic E-state index is 12.5. The van der Waals surface area contributed by atoms with Gasteiger partial charge in [-0.05, 0) is 55.0 Å². The Morgan fingerprint density at radius 3 is 2.61 bits per heavy atom. The molecule has 0 aliphatic heterocycles. The van der Waals surface area contributed by atoms with E-state index in [-0.39, 0.29) is 5.91 Å². The molecule has 0 saturated heterocycles. The average Bonchev–Trinajstić information content (AvgIpc) is 3.20. The minimum atomic E-state index is -0.141. The first kappa shape index (κ1) is 22.7. The molecule has 0 bridgehead atoms. The number of para-hydroxylation sites is 3. The number of ether oxygens (including phenoxy) is 2. The zero-order valence-electron chi connectivity index (χ0n) is 18.5. The average molecular weight is 464 g/mol. The van der Waals surface area contributed by atoms with E-state index in [1.165, 1.54) is 0 Å². The number of nitrogens with one attached hydrogen (secondary N) is 1. The van der Waals surface area contributed by atoms with Gasteiger partial charge in [0.25, 0.3) is 5.91 Å². The Morgan fingerprint density at radius 2 is 1.79 bits per heavy atom. The number of carbonyl (C=O) groups is 1. The lowest BCUT2D eigenvalue weighted by atomic mass is 10.2. The number of amides is 1. The highest BCUT2D eigenvalue weighted by atomic mass is 35.5. The Kier molecular flexibility index (Phi) is 7.47. The second-order valence-electron chi connectivity index (χ2n) is 7.53. The van der Waals surface area contributed by atoms with Gasteiger partial charge in [-0.25, -0.2) is 4.98 Å². The summed E-state index contributed by atoms with van der Waals surface area (Å²) in [5.74, 6) is 2.18. The van der Waals surface area contributed by atoms with E-state index in [1.54, 1.807) is 19.2 Å². The number of aryl methyl sites for hydroxylation is 1. The minimum Gasteiger partial charge on any atom is -0.496 e. The summed E-state index contributed by atoms with van der Waals surface area (Å²) in [6.07, 6.45) is 1.50. The third-order valence-electron chi connectivity index (χ3n) is 5.35. The van der Waals surface area contributed by atoms with Crippen LogP contribution in [-0.2, 0) is 13.0 Å². The summed E-state index contributed by atoms with van der Waals surface area (Å²) in [5, 5.41) is 3.66. The van der Waals surface area contributed by atoms with Gasteiger partial charge in [-0.15, -0.1) is 0 Å². The van der Waals surface area contributed by atoms with Crippen LogP contribution in [0.2, 0.25) is 5.02 Å². The summed E-state index contributed by atoms with van der Waals surface area (Å²) in [6, 6.07) is 22.6. The minimum absolute atomic E-state index is 0.141. The van der Waals surface area contributed by atoms with E-state index in [0.29, 0.717) is 36.0 Å². The van der Waals surface area contributed by atoms with E-state index < -0.39 is 0 Å². The molecule has 6 nitrogen and oxygen atoms in total. The zero-order chi connectivity index (χ0) is 23.0. The molecule has 1 amide bonds. The van der Waals surface area contributed by atoms with E-state index >= 15 is 0 Å². The van der Waals surface area contributed by atoms with Crippen LogP contribution in [0.4, 0.5) is 0 Å². The molecule has 0 radical (unpaired) electrons. The molecule has 0 unspecified atom stereocenters. The molecule has 0 aliphatic carbocycles. The molecule has 0 saturated carbocycles. The Balaban J connectivity index is 1.37. The number of hydrogen-bond donors (Lipinski definition) is 1. The fourth-order valence-electron chi connectivity index (χ4n) is 3.73. The van der Waals surface area contributed by atoms with Crippen molar-refractivity contribution < 1.29 is 14.3 Å². The number of carbonyl (C=O) groups excluding carboxylic acids is 1. The highest BCUT2D eigenvalue weighted by molar-refractivity contribution is 6.30. The Morgan fingerprint density at radius 1 is 1.03 bits per heavy atom. The smallest absolute Gasteiger partial charge is 0.255 e. The number of rotatable bonds is 10. The van der Waals surface area contributed by atoms with Crippen molar-refractivity contribution in [3.05, 3.63) is 89.2 Å². The lowest BCUT2D eigenvalue weighted by Crippen LogP contribution is -2.25. The SMILES string of the molecule is COc1ccccc1C(=O)NCCCc1nc2ccccc2n1CCOc1ccc(Cl)cc1. The van der Waals surface area contributed by atoms with Crippen LogP contribution in [0, 0.1) is 0 Å². The molecule has 1 heterocycles. The van der Waals surface area contributed by atoms with Crippen molar-refractivity contribution in [3.8, 4) is 11.5 Å². The molecule has 0 fully saturated rings. The molecule has 0 aliphatic rings. The highest BCUT2D eigenvalue weighted by Crippen LogP contribution is 2.19. The Bertz CT molecular complexity index is 1220. The van der Waals surface area contributed by atoms with Crippen LogP contribution in [0.1, 0.15) is 22.6 Å². The van der Waals surface area contributed by atoms with E-state index in [4.69, 9.17) is 26.1 Å². The topological polar surface area (TPSA) is 65.4 Å². The molecule has 4 rings (SSSR count). The maximum Gasteiger partial charge on any atom is 0.255 e.